The van der Waals surface area contributed by atoms with Gasteiger partial charge < -0.3 is 14.8 Å². The van der Waals surface area contributed by atoms with E-state index in [1.165, 1.54) is 6.42 Å². The van der Waals surface area contributed by atoms with Crippen LogP contribution >= 0.6 is 0 Å². The third-order valence-electron chi connectivity index (χ3n) is 4.38. The largest absolute Gasteiger partial charge is 0.381 e. The molecule has 2 heterocycles. The lowest BCUT2D eigenvalue weighted by Gasteiger charge is -2.45. The van der Waals surface area contributed by atoms with E-state index in [2.05, 4.69) is 26.1 Å². The normalized spacial score (nSPS) is 29.5. The van der Waals surface area contributed by atoms with Crippen LogP contribution in [0.15, 0.2) is 0 Å². The number of nitrogens with one attached hydrogen (secondary N) is 1. The molecule has 0 bridgehead atoms. The Kier molecular flexibility index (Phi) is 4.11. The fourth-order valence-corrected chi connectivity index (χ4v) is 2.90. The summed E-state index contributed by atoms with van der Waals surface area (Å²) < 4.78 is 11.5. The van der Waals surface area contributed by atoms with Crippen molar-refractivity contribution < 1.29 is 9.47 Å². The number of ether oxygens (including phenoxy) is 2. The van der Waals surface area contributed by atoms with E-state index in [0.717, 1.165) is 45.5 Å². The van der Waals surface area contributed by atoms with Crippen LogP contribution in [0.2, 0.25) is 0 Å². The summed E-state index contributed by atoms with van der Waals surface area (Å²) in [6.45, 7) is 9.46. The fourth-order valence-electron chi connectivity index (χ4n) is 2.90. The van der Waals surface area contributed by atoms with Crippen LogP contribution in [0.5, 0.6) is 0 Å². The summed E-state index contributed by atoms with van der Waals surface area (Å²) in [5.41, 5.74) is 0.354. The smallest absolute Gasteiger partial charge is 0.0741 e. The van der Waals surface area contributed by atoms with Crippen molar-refractivity contribution in [3.8, 4) is 0 Å². The lowest BCUT2D eigenvalue weighted by molar-refractivity contribution is -0.141. The Labute approximate surface area is 105 Å². The first-order valence-electron chi connectivity index (χ1n) is 7.05. The second kappa shape index (κ2) is 5.25. The Balaban J connectivity index is 1.92. The van der Waals surface area contributed by atoms with Gasteiger partial charge >= 0.3 is 0 Å². The predicted octanol–water partition coefficient (Wildman–Crippen LogP) is 2.49. The summed E-state index contributed by atoms with van der Waals surface area (Å²) >= 11 is 0. The zero-order chi connectivity index (χ0) is 12.4. The molecule has 2 fully saturated rings. The van der Waals surface area contributed by atoms with Crippen LogP contribution in [0.1, 0.15) is 52.9 Å². The van der Waals surface area contributed by atoms with Gasteiger partial charge in [-0.3, -0.25) is 0 Å². The average Bonchev–Trinajstić information content (AvgIpc) is 2.29. The van der Waals surface area contributed by atoms with Crippen molar-refractivity contribution in [3.05, 3.63) is 0 Å². The quantitative estimate of drug-likeness (QED) is 0.823. The third kappa shape index (κ3) is 3.43. The van der Waals surface area contributed by atoms with Gasteiger partial charge in [-0.2, -0.15) is 0 Å². The van der Waals surface area contributed by atoms with Crippen molar-refractivity contribution in [2.45, 2.75) is 70.1 Å². The molecule has 1 spiro atoms. The van der Waals surface area contributed by atoms with Crippen LogP contribution in [0.4, 0.5) is 0 Å². The first kappa shape index (κ1) is 13.3. The Morgan fingerprint density at radius 1 is 1.24 bits per heavy atom. The molecular weight excluding hydrogens is 214 g/mol. The highest BCUT2D eigenvalue weighted by Crippen LogP contribution is 2.34. The Hall–Kier alpha value is -0.120. The first-order chi connectivity index (χ1) is 8.05. The van der Waals surface area contributed by atoms with Crippen LogP contribution in [0, 0.1) is 0 Å². The molecule has 2 aliphatic rings. The summed E-state index contributed by atoms with van der Waals surface area (Å²) in [5.74, 6) is 0. The average molecular weight is 241 g/mol. The molecule has 0 aromatic rings. The van der Waals surface area contributed by atoms with Crippen LogP contribution in [-0.2, 0) is 9.47 Å². The SMILES string of the molecule is CCC(C)(C)NC1CCOC2(CCOCC2)C1. The summed E-state index contributed by atoms with van der Waals surface area (Å²) in [4.78, 5) is 0. The highest BCUT2D eigenvalue weighted by molar-refractivity contribution is 4.93. The molecule has 0 saturated carbocycles. The van der Waals surface area contributed by atoms with Gasteiger partial charge in [0.15, 0.2) is 0 Å². The van der Waals surface area contributed by atoms with Crippen LogP contribution < -0.4 is 5.32 Å². The van der Waals surface area contributed by atoms with Crippen molar-refractivity contribution in [1.82, 2.24) is 5.32 Å². The van der Waals surface area contributed by atoms with Crippen LogP contribution in [0.3, 0.4) is 0 Å². The molecule has 100 valence electrons. The minimum absolute atomic E-state index is 0.109. The summed E-state index contributed by atoms with van der Waals surface area (Å²) in [6.07, 6.45) is 5.60. The molecule has 0 radical (unpaired) electrons. The lowest BCUT2D eigenvalue weighted by atomic mass is 9.83. The molecule has 2 saturated heterocycles. The van der Waals surface area contributed by atoms with Gasteiger partial charge in [0.1, 0.15) is 0 Å². The minimum Gasteiger partial charge on any atom is -0.381 e. The number of rotatable bonds is 3. The molecule has 1 atom stereocenters. The molecule has 0 aromatic carbocycles. The van der Waals surface area contributed by atoms with Crippen molar-refractivity contribution in [2.24, 2.45) is 0 Å². The Bertz CT molecular complexity index is 241. The lowest BCUT2D eigenvalue weighted by Crippen LogP contribution is -2.54. The number of hydrogen-bond donors (Lipinski definition) is 1. The highest BCUT2D eigenvalue weighted by atomic mass is 16.5. The van der Waals surface area contributed by atoms with E-state index in [9.17, 15) is 0 Å². The van der Waals surface area contributed by atoms with E-state index in [1.54, 1.807) is 0 Å². The van der Waals surface area contributed by atoms with Crippen molar-refractivity contribution in [1.29, 1.82) is 0 Å². The second-order valence-electron chi connectivity index (χ2n) is 6.22. The monoisotopic (exact) mass is 241 g/mol. The van der Waals surface area contributed by atoms with E-state index < -0.39 is 0 Å². The number of hydrogen-bond acceptors (Lipinski definition) is 3. The molecule has 3 nitrogen and oxygen atoms in total. The van der Waals surface area contributed by atoms with E-state index in [4.69, 9.17) is 9.47 Å². The molecule has 0 aromatic heterocycles. The van der Waals surface area contributed by atoms with E-state index in [-0.39, 0.29) is 11.1 Å². The Morgan fingerprint density at radius 3 is 2.59 bits per heavy atom. The molecule has 1 unspecified atom stereocenters. The third-order valence-corrected chi connectivity index (χ3v) is 4.38. The van der Waals surface area contributed by atoms with Gasteiger partial charge in [-0.25, -0.2) is 0 Å². The summed E-state index contributed by atoms with van der Waals surface area (Å²) in [6, 6.07) is 0.608. The Morgan fingerprint density at radius 2 is 1.94 bits per heavy atom. The van der Waals surface area contributed by atoms with Gasteiger partial charge in [-0.1, -0.05) is 6.92 Å². The first-order valence-corrected chi connectivity index (χ1v) is 7.05. The fraction of sp³-hybridized carbons (Fsp3) is 1.00. The van der Waals surface area contributed by atoms with E-state index in [0.29, 0.717) is 6.04 Å². The van der Waals surface area contributed by atoms with Gasteiger partial charge in [0, 0.05) is 31.4 Å². The second-order valence-corrected chi connectivity index (χ2v) is 6.22. The zero-order valence-electron chi connectivity index (χ0n) is 11.6. The molecule has 0 aliphatic carbocycles. The maximum Gasteiger partial charge on any atom is 0.0741 e. The zero-order valence-corrected chi connectivity index (χ0v) is 11.6. The summed E-state index contributed by atoms with van der Waals surface area (Å²) in [7, 11) is 0. The molecule has 17 heavy (non-hydrogen) atoms. The van der Waals surface area contributed by atoms with Crippen molar-refractivity contribution in [2.75, 3.05) is 19.8 Å². The summed E-state index contributed by atoms with van der Waals surface area (Å²) in [5, 5.41) is 3.80. The predicted molar refractivity (Wildman–Crippen MR) is 69.3 cm³/mol. The van der Waals surface area contributed by atoms with Gasteiger partial charge in [-0.05, 0) is 46.0 Å². The van der Waals surface area contributed by atoms with Gasteiger partial charge in [-0.15, -0.1) is 0 Å². The van der Waals surface area contributed by atoms with Crippen LogP contribution in [-0.4, -0.2) is 37.0 Å². The maximum atomic E-state index is 6.06. The van der Waals surface area contributed by atoms with Crippen molar-refractivity contribution in [3.63, 3.8) is 0 Å². The standard InChI is InChI=1S/C14H27NO2/c1-4-13(2,3)15-12-5-8-17-14(11-12)6-9-16-10-7-14/h12,15H,4-11H2,1-3H3. The molecule has 2 rings (SSSR count). The maximum absolute atomic E-state index is 6.06. The molecular formula is C14H27NO2. The van der Waals surface area contributed by atoms with E-state index >= 15 is 0 Å². The van der Waals surface area contributed by atoms with Gasteiger partial charge in [0.2, 0.25) is 0 Å². The molecule has 2 aliphatic heterocycles. The van der Waals surface area contributed by atoms with Crippen LogP contribution in [0.25, 0.3) is 0 Å². The topological polar surface area (TPSA) is 30.5 Å². The minimum atomic E-state index is 0.109. The van der Waals surface area contributed by atoms with Gasteiger partial charge in [0.05, 0.1) is 5.60 Å². The molecule has 0 amide bonds. The molecule has 3 heteroatoms. The molecule has 1 N–H and O–H groups in total. The highest BCUT2D eigenvalue weighted by Gasteiger charge is 2.39. The van der Waals surface area contributed by atoms with Crippen molar-refractivity contribution >= 4 is 0 Å². The van der Waals surface area contributed by atoms with Gasteiger partial charge in [0.25, 0.3) is 0 Å². The van der Waals surface area contributed by atoms with E-state index in [1.807, 2.05) is 0 Å².